The molecule has 1 saturated carbocycles. The van der Waals surface area contributed by atoms with Gasteiger partial charge in [0.1, 0.15) is 0 Å². The third-order valence-electron chi connectivity index (χ3n) is 4.44. The van der Waals surface area contributed by atoms with Crippen molar-refractivity contribution in [2.45, 2.75) is 50.7 Å². The molecular formula is C14H24N2O4. The second-order valence-corrected chi connectivity index (χ2v) is 5.83. The first kappa shape index (κ1) is 15.3. The lowest BCUT2D eigenvalue weighted by Crippen LogP contribution is -2.49. The summed E-state index contributed by atoms with van der Waals surface area (Å²) in [5.41, 5.74) is 0. The van der Waals surface area contributed by atoms with E-state index < -0.39 is 5.97 Å². The van der Waals surface area contributed by atoms with E-state index >= 15 is 0 Å². The van der Waals surface area contributed by atoms with Gasteiger partial charge in [-0.3, -0.25) is 9.59 Å². The minimum atomic E-state index is -0.763. The number of likely N-dealkylation sites (tertiary alicyclic amines) is 1. The van der Waals surface area contributed by atoms with E-state index in [2.05, 4.69) is 5.32 Å². The normalized spacial score (nSPS) is 28.4. The number of amides is 1. The molecule has 6 nitrogen and oxygen atoms in total. The van der Waals surface area contributed by atoms with E-state index in [0.717, 1.165) is 25.7 Å². The van der Waals surface area contributed by atoms with Crippen molar-refractivity contribution in [1.29, 1.82) is 0 Å². The molecule has 6 heteroatoms. The Labute approximate surface area is 119 Å². The third-order valence-corrected chi connectivity index (χ3v) is 4.44. The second-order valence-electron chi connectivity index (χ2n) is 5.83. The van der Waals surface area contributed by atoms with Crippen LogP contribution >= 0.6 is 0 Å². The summed E-state index contributed by atoms with van der Waals surface area (Å²) < 4.78 is 0. The maximum Gasteiger partial charge on any atom is 0.306 e. The second kappa shape index (κ2) is 7.04. The first-order valence-electron chi connectivity index (χ1n) is 7.50. The molecule has 0 aromatic rings. The smallest absolute Gasteiger partial charge is 0.306 e. The average molecular weight is 284 g/mol. The number of piperidine rings is 1. The minimum Gasteiger partial charge on any atom is -0.481 e. The van der Waals surface area contributed by atoms with Gasteiger partial charge in [0.25, 0.3) is 0 Å². The van der Waals surface area contributed by atoms with Crippen LogP contribution in [0, 0.1) is 5.92 Å². The summed E-state index contributed by atoms with van der Waals surface area (Å²) >= 11 is 0. The highest BCUT2D eigenvalue weighted by Gasteiger charge is 2.28. The number of carboxylic acids is 1. The predicted octanol–water partition coefficient (Wildman–Crippen LogP) is 0.203. The van der Waals surface area contributed by atoms with Gasteiger partial charge in [-0.05, 0) is 25.7 Å². The maximum absolute atomic E-state index is 12.1. The van der Waals surface area contributed by atoms with E-state index in [4.69, 9.17) is 5.11 Å². The summed E-state index contributed by atoms with van der Waals surface area (Å²) in [6, 6.07) is 0.0178. The summed E-state index contributed by atoms with van der Waals surface area (Å²) in [6.45, 7) is 1.27. The Hall–Kier alpha value is -1.14. The molecule has 1 saturated heterocycles. The zero-order valence-electron chi connectivity index (χ0n) is 11.8. The number of hydrogen-bond acceptors (Lipinski definition) is 4. The number of rotatable bonds is 4. The number of carbonyl (C=O) groups excluding carboxylic acids is 1. The van der Waals surface area contributed by atoms with Crippen LogP contribution < -0.4 is 5.32 Å². The van der Waals surface area contributed by atoms with Crippen LogP contribution in [0.25, 0.3) is 0 Å². The van der Waals surface area contributed by atoms with Crippen molar-refractivity contribution < 1.29 is 19.8 Å². The summed E-state index contributed by atoms with van der Waals surface area (Å²) in [5.74, 6) is -1.07. The van der Waals surface area contributed by atoms with Gasteiger partial charge in [-0.25, -0.2) is 0 Å². The van der Waals surface area contributed by atoms with Gasteiger partial charge in [-0.15, -0.1) is 0 Å². The molecule has 2 atom stereocenters. The minimum absolute atomic E-state index is 0.00612. The van der Waals surface area contributed by atoms with Crippen molar-refractivity contribution in [1.82, 2.24) is 10.2 Å². The molecule has 1 aliphatic carbocycles. The van der Waals surface area contributed by atoms with E-state index in [0.29, 0.717) is 25.9 Å². The zero-order chi connectivity index (χ0) is 14.5. The van der Waals surface area contributed by atoms with E-state index in [1.165, 1.54) is 0 Å². The standard InChI is InChI=1S/C14H24N2O4/c17-12-4-2-1-3-11(12)15-9-13(18)16-7-5-10(6-8-16)14(19)20/h10-12,15,17H,1-9H2,(H,19,20). The van der Waals surface area contributed by atoms with Crippen molar-refractivity contribution >= 4 is 11.9 Å². The highest BCUT2D eigenvalue weighted by atomic mass is 16.4. The Balaban J connectivity index is 1.71. The number of nitrogens with zero attached hydrogens (tertiary/aromatic N) is 1. The Kier molecular flexibility index (Phi) is 5.37. The van der Waals surface area contributed by atoms with Crippen LogP contribution in [-0.2, 0) is 9.59 Å². The number of aliphatic carboxylic acids is 1. The average Bonchev–Trinajstić information content (AvgIpc) is 2.46. The topological polar surface area (TPSA) is 89.9 Å². The van der Waals surface area contributed by atoms with Gasteiger partial charge in [-0.1, -0.05) is 12.8 Å². The molecule has 0 aromatic carbocycles. The molecule has 2 unspecified atom stereocenters. The van der Waals surface area contributed by atoms with E-state index in [1.54, 1.807) is 4.90 Å². The largest absolute Gasteiger partial charge is 0.481 e. The monoisotopic (exact) mass is 284 g/mol. The molecule has 1 aliphatic heterocycles. The van der Waals surface area contributed by atoms with Crippen LogP contribution in [0.15, 0.2) is 0 Å². The summed E-state index contributed by atoms with van der Waals surface area (Å²) in [6.07, 6.45) is 4.57. The number of carbonyl (C=O) groups is 2. The molecule has 1 amide bonds. The lowest BCUT2D eigenvalue weighted by Gasteiger charge is -2.32. The Morgan fingerprint density at radius 2 is 1.75 bits per heavy atom. The Bertz CT molecular complexity index is 353. The van der Waals surface area contributed by atoms with Crippen LogP contribution in [0.1, 0.15) is 38.5 Å². The predicted molar refractivity (Wildman–Crippen MR) is 73.2 cm³/mol. The van der Waals surface area contributed by atoms with Crippen molar-refractivity contribution in [3.8, 4) is 0 Å². The molecule has 0 bridgehead atoms. The van der Waals surface area contributed by atoms with Crippen LogP contribution in [-0.4, -0.2) is 58.8 Å². The highest BCUT2D eigenvalue weighted by Crippen LogP contribution is 2.19. The number of carboxylic acid groups (broad SMARTS) is 1. The SMILES string of the molecule is O=C(O)C1CCN(C(=O)CNC2CCCCC2O)CC1. The number of aliphatic hydroxyl groups is 1. The van der Waals surface area contributed by atoms with Crippen molar-refractivity contribution in [3.05, 3.63) is 0 Å². The first-order chi connectivity index (χ1) is 9.58. The Morgan fingerprint density at radius 1 is 1.10 bits per heavy atom. The highest BCUT2D eigenvalue weighted by molar-refractivity contribution is 5.79. The fraction of sp³-hybridized carbons (Fsp3) is 0.857. The molecule has 2 fully saturated rings. The molecular weight excluding hydrogens is 260 g/mol. The van der Waals surface area contributed by atoms with Crippen molar-refractivity contribution in [2.24, 2.45) is 5.92 Å². The van der Waals surface area contributed by atoms with Gasteiger partial charge in [0, 0.05) is 19.1 Å². The van der Waals surface area contributed by atoms with Crippen LogP contribution in [0.2, 0.25) is 0 Å². The lowest BCUT2D eigenvalue weighted by molar-refractivity contribution is -0.145. The molecule has 1 heterocycles. The maximum atomic E-state index is 12.1. The molecule has 2 rings (SSSR count). The summed E-state index contributed by atoms with van der Waals surface area (Å²) in [5, 5.41) is 21.9. The molecule has 20 heavy (non-hydrogen) atoms. The fourth-order valence-electron chi connectivity index (χ4n) is 3.06. The van der Waals surface area contributed by atoms with Gasteiger partial charge in [0.15, 0.2) is 0 Å². The molecule has 0 radical (unpaired) electrons. The van der Waals surface area contributed by atoms with Gasteiger partial charge >= 0.3 is 5.97 Å². The molecule has 114 valence electrons. The molecule has 0 spiro atoms. The molecule has 0 aromatic heterocycles. The molecule has 3 N–H and O–H groups in total. The first-order valence-corrected chi connectivity index (χ1v) is 7.50. The van der Waals surface area contributed by atoms with Gasteiger partial charge in [0.2, 0.25) is 5.91 Å². The van der Waals surface area contributed by atoms with Crippen LogP contribution in [0.4, 0.5) is 0 Å². The van der Waals surface area contributed by atoms with Crippen molar-refractivity contribution in [3.63, 3.8) is 0 Å². The third kappa shape index (κ3) is 3.93. The van der Waals surface area contributed by atoms with E-state index in [9.17, 15) is 14.7 Å². The fourth-order valence-corrected chi connectivity index (χ4v) is 3.06. The van der Waals surface area contributed by atoms with E-state index in [1.807, 2.05) is 0 Å². The number of nitrogens with one attached hydrogen (secondary N) is 1. The zero-order valence-corrected chi connectivity index (χ0v) is 11.8. The van der Waals surface area contributed by atoms with Gasteiger partial charge < -0.3 is 20.4 Å². The Morgan fingerprint density at radius 3 is 2.35 bits per heavy atom. The van der Waals surface area contributed by atoms with Gasteiger partial charge in [0.05, 0.1) is 18.6 Å². The van der Waals surface area contributed by atoms with Gasteiger partial charge in [-0.2, -0.15) is 0 Å². The van der Waals surface area contributed by atoms with Crippen molar-refractivity contribution in [2.75, 3.05) is 19.6 Å². The number of hydrogen-bond donors (Lipinski definition) is 3. The van der Waals surface area contributed by atoms with Crippen LogP contribution in [0.5, 0.6) is 0 Å². The lowest BCUT2D eigenvalue weighted by atomic mass is 9.92. The molecule has 2 aliphatic rings. The number of aliphatic hydroxyl groups excluding tert-OH is 1. The van der Waals surface area contributed by atoms with E-state index in [-0.39, 0.29) is 30.5 Å². The summed E-state index contributed by atoms with van der Waals surface area (Å²) in [7, 11) is 0. The van der Waals surface area contributed by atoms with Crippen LogP contribution in [0.3, 0.4) is 0 Å². The summed E-state index contributed by atoms with van der Waals surface area (Å²) in [4.78, 5) is 24.6. The quantitative estimate of drug-likeness (QED) is 0.686.